The van der Waals surface area contributed by atoms with Crippen LogP contribution in [0.5, 0.6) is 0 Å². The van der Waals surface area contributed by atoms with Gasteiger partial charge in [0, 0.05) is 10.8 Å². The van der Waals surface area contributed by atoms with E-state index in [1.54, 1.807) is 0 Å². The van der Waals surface area contributed by atoms with Crippen molar-refractivity contribution in [2.45, 2.75) is 9.79 Å². The Morgan fingerprint density at radius 2 is 0.950 bits per heavy atom. The summed E-state index contributed by atoms with van der Waals surface area (Å²) in [5.74, 6) is 0. The van der Waals surface area contributed by atoms with Crippen molar-refractivity contribution in [2.24, 2.45) is 0 Å². The molecule has 0 aliphatic carbocycles. The third-order valence-electron chi connectivity index (χ3n) is 2.40. The summed E-state index contributed by atoms with van der Waals surface area (Å²) in [7, 11) is -8.94. The van der Waals surface area contributed by atoms with Gasteiger partial charge in [-0.15, -0.1) is 0 Å². The molecule has 2 rings (SSSR count). The molecule has 20 heavy (non-hydrogen) atoms. The second-order valence-corrected chi connectivity index (χ2v) is 6.34. The van der Waals surface area contributed by atoms with E-state index in [9.17, 15) is 16.8 Å². The maximum Gasteiger partial charge on any atom is 1.00 e. The molecule has 0 unspecified atom stereocenters. The molecular formula is C10H8Na2O6S2+2. The second kappa shape index (κ2) is 7.19. The Bertz CT molecular complexity index is 759. The molecule has 0 atom stereocenters. The molecule has 2 N–H and O–H groups in total. The van der Waals surface area contributed by atoms with Crippen LogP contribution in [0.15, 0.2) is 46.2 Å². The van der Waals surface area contributed by atoms with Crippen LogP contribution in [0.2, 0.25) is 0 Å². The third-order valence-corrected chi connectivity index (χ3v) is 4.22. The summed E-state index contributed by atoms with van der Waals surface area (Å²) in [5, 5.41) is 0.0465. The molecule has 0 heterocycles. The van der Waals surface area contributed by atoms with Crippen LogP contribution < -0.4 is 59.1 Å². The van der Waals surface area contributed by atoms with Crippen LogP contribution >= 0.6 is 0 Å². The maximum atomic E-state index is 11.2. The predicted molar refractivity (Wildman–Crippen MR) is 63.6 cm³/mol. The Hall–Kier alpha value is 0.520. The van der Waals surface area contributed by atoms with Crippen LogP contribution in [-0.2, 0) is 20.2 Å². The molecule has 6 nitrogen and oxygen atoms in total. The fourth-order valence-corrected chi connectivity index (χ4v) is 3.12. The van der Waals surface area contributed by atoms with Gasteiger partial charge in [-0.3, -0.25) is 9.11 Å². The zero-order chi connectivity index (χ0) is 13.6. The van der Waals surface area contributed by atoms with E-state index in [0.717, 1.165) is 12.1 Å². The summed E-state index contributed by atoms with van der Waals surface area (Å²) in [6.45, 7) is 0. The molecule has 0 amide bonds. The average Bonchev–Trinajstić information content (AvgIpc) is 2.24. The van der Waals surface area contributed by atoms with Crippen molar-refractivity contribution in [1.29, 1.82) is 0 Å². The molecule has 0 fully saturated rings. The molecular weight excluding hydrogens is 326 g/mol. The largest absolute Gasteiger partial charge is 1.00 e. The molecule has 96 valence electrons. The minimum atomic E-state index is -4.47. The molecule has 2 aromatic carbocycles. The van der Waals surface area contributed by atoms with E-state index in [2.05, 4.69) is 0 Å². The van der Waals surface area contributed by atoms with Gasteiger partial charge in [0.2, 0.25) is 0 Å². The zero-order valence-corrected chi connectivity index (χ0v) is 16.4. The first-order valence-electron chi connectivity index (χ1n) is 4.68. The van der Waals surface area contributed by atoms with Crippen LogP contribution in [0, 0.1) is 0 Å². The van der Waals surface area contributed by atoms with Crippen molar-refractivity contribution in [3.05, 3.63) is 36.4 Å². The summed E-state index contributed by atoms with van der Waals surface area (Å²) in [5.41, 5.74) is 0. The van der Waals surface area contributed by atoms with E-state index in [1.165, 1.54) is 24.3 Å². The van der Waals surface area contributed by atoms with E-state index >= 15 is 0 Å². The van der Waals surface area contributed by atoms with Gasteiger partial charge in [0.25, 0.3) is 20.2 Å². The second-order valence-electron chi connectivity index (χ2n) is 3.56. The summed E-state index contributed by atoms with van der Waals surface area (Å²) in [6, 6.07) is 7.53. The third kappa shape index (κ3) is 4.26. The molecule has 0 saturated carbocycles. The first-order valence-corrected chi connectivity index (χ1v) is 7.56. The fraction of sp³-hybridized carbons (Fsp3) is 0. The van der Waals surface area contributed by atoms with E-state index in [0.29, 0.717) is 0 Å². The van der Waals surface area contributed by atoms with E-state index in [-0.39, 0.29) is 69.9 Å². The Balaban J connectivity index is 0.00000180. The Labute approximate surface area is 160 Å². The van der Waals surface area contributed by atoms with Crippen LogP contribution in [-0.4, -0.2) is 25.9 Å². The van der Waals surface area contributed by atoms with Gasteiger partial charge < -0.3 is 0 Å². The molecule has 0 radical (unpaired) electrons. The fourth-order valence-electron chi connectivity index (χ4n) is 1.70. The monoisotopic (exact) mass is 334 g/mol. The van der Waals surface area contributed by atoms with Gasteiger partial charge >= 0.3 is 59.1 Å². The first kappa shape index (κ1) is 20.5. The van der Waals surface area contributed by atoms with E-state index in [4.69, 9.17) is 9.11 Å². The molecule has 0 bridgehead atoms. The van der Waals surface area contributed by atoms with Crippen LogP contribution in [0.25, 0.3) is 10.8 Å². The molecule has 0 aromatic heterocycles. The number of hydrogen-bond acceptors (Lipinski definition) is 4. The minimum Gasteiger partial charge on any atom is -0.282 e. The van der Waals surface area contributed by atoms with Gasteiger partial charge in [-0.1, -0.05) is 24.3 Å². The number of hydrogen-bond donors (Lipinski definition) is 2. The van der Waals surface area contributed by atoms with Gasteiger partial charge in [-0.2, -0.15) is 16.8 Å². The molecule has 0 spiro atoms. The molecule has 0 aliphatic heterocycles. The Morgan fingerprint density at radius 3 is 1.20 bits per heavy atom. The Kier molecular flexibility index (Phi) is 7.37. The molecule has 0 aliphatic rings. The number of benzene rings is 2. The van der Waals surface area contributed by atoms with Crippen molar-refractivity contribution in [1.82, 2.24) is 0 Å². The van der Waals surface area contributed by atoms with Crippen LogP contribution in [0.4, 0.5) is 0 Å². The van der Waals surface area contributed by atoms with Crippen molar-refractivity contribution in [3.8, 4) is 0 Å². The van der Waals surface area contributed by atoms with Gasteiger partial charge in [0.1, 0.15) is 9.79 Å². The summed E-state index contributed by atoms with van der Waals surface area (Å²) < 4.78 is 62.7. The van der Waals surface area contributed by atoms with Crippen molar-refractivity contribution in [2.75, 3.05) is 0 Å². The quantitative estimate of drug-likeness (QED) is 0.422. The number of fused-ring (bicyclic) bond motifs is 1. The average molecular weight is 334 g/mol. The molecule has 10 heteroatoms. The van der Waals surface area contributed by atoms with E-state index < -0.39 is 30.0 Å². The van der Waals surface area contributed by atoms with Crippen molar-refractivity contribution < 1.29 is 85.1 Å². The van der Waals surface area contributed by atoms with Crippen LogP contribution in [0.3, 0.4) is 0 Å². The first-order chi connectivity index (χ1) is 8.21. The number of rotatable bonds is 2. The maximum absolute atomic E-state index is 11.2. The smallest absolute Gasteiger partial charge is 0.282 e. The standard InChI is InChI=1S/C10H8O6S2.2Na/c11-17(12,13)9-5-1-3-7-8(9)4-2-6-10(7)18(14,15)16;;/h1-6H,(H,11,12,13)(H,14,15,16);;/q;2*+1. The summed E-state index contributed by atoms with van der Waals surface area (Å²) in [4.78, 5) is -0.823. The normalized spacial score (nSPS) is 11.5. The summed E-state index contributed by atoms with van der Waals surface area (Å²) >= 11 is 0. The SMILES string of the molecule is O=S(=O)(O)c1cccc2c(S(=O)(=O)O)cccc12.[Na+].[Na+]. The van der Waals surface area contributed by atoms with Gasteiger partial charge in [0.15, 0.2) is 0 Å². The Morgan fingerprint density at radius 1 is 0.650 bits per heavy atom. The zero-order valence-electron chi connectivity index (χ0n) is 10.8. The molecule has 2 aromatic rings. The van der Waals surface area contributed by atoms with Gasteiger partial charge in [-0.05, 0) is 12.1 Å². The molecule has 0 saturated heterocycles. The topological polar surface area (TPSA) is 109 Å². The van der Waals surface area contributed by atoms with Crippen molar-refractivity contribution >= 4 is 31.0 Å². The summed E-state index contributed by atoms with van der Waals surface area (Å²) in [6.07, 6.45) is 0. The van der Waals surface area contributed by atoms with Crippen molar-refractivity contribution in [3.63, 3.8) is 0 Å². The minimum absolute atomic E-state index is 0. The van der Waals surface area contributed by atoms with Gasteiger partial charge in [-0.25, -0.2) is 0 Å². The van der Waals surface area contributed by atoms with Gasteiger partial charge in [0.05, 0.1) is 0 Å². The van der Waals surface area contributed by atoms with Crippen LogP contribution in [0.1, 0.15) is 0 Å². The van der Waals surface area contributed by atoms with E-state index in [1.807, 2.05) is 0 Å². The predicted octanol–water partition coefficient (Wildman–Crippen LogP) is -4.66.